The summed E-state index contributed by atoms with van der Waals surface area (Å²) in [7, 11) is 3.05. The average molecular weight is 372 g/mol. The number of benzene rings is 2. The molecule has 0 fully saturated rings. The third-order valence-corrected chi connectivity index (χ3v) is 4.93. The zero-order valence-electron chi connectivity index (χ0n) is 16.2. The van der Waals surface area contributed by atoms with Crippen LogP contribution in [-0.2, 0) is 14.1 Å². The predicted molar refractivity (Wildman–Crippen MR) is 110 cm³/mol. The molecule has 0 atom stereocenters. The second kappa shape index (κ2) is 6.56. The highest BCUT2D eigenvalue weighted by molar-refractivity contribution is 5.84. The van der Waals surface area contributed by atoms with Gasteiger partial charge in [-0.05, 0) is 13.8 Å². The molecule has 0 aliphatic rings. The summed E-state index contributed by atoms with van der Waals surface area (Å²) >= 11 is 0. The molecule has 2 aromatic heterocycles. The van der Waals surface area contributed by atoms with E-state index >= 15 is 0 Å². The Morgan fingerprint density at radius 1 is 0.679 bits per heavy atom. The SMILES string of the molecule is Cc1ccc(-c2nc3c(=O)n(C)c(=O)n(C)c3nc2-c2ccc(C)cc2)cc1. The van der Waals surface area contributed by atoms with E-state index in [0.29, 0.717) is 11.4 Å². The van der Waals surface area contributed by atoms with Crippen LogP contribution in [0.25, 0.3) is 33.7 Å². The standard InChI is InChI=1S/C22H20N4O2/c1-13-5-9-15(10-6-13)17-18(16-11-7-14(2)8-12-16)24-20-19(23-17)21(27)26(4)22(28)25(20)3/h5-12H,1-4H3. The Balaban J connectivity index is 2.14. The smallest absolute Gasteiger partial charge is 0.279 e. The van der Waals surface area contributed by atoms with Crippen LogP contribution >= 0.6 is 0 Å². The van der Waals surface area contributed by atoms with Crippen molar-refractivity contribution in [3.63, 3.8) is 0 Å². The lowest BCUT2D eigenvalue weighted by atomic mass is 10.0. The molecule has 0 bridgehead atoms. The van der Waals surface area contributed by atoms with Crippen molar-refractivity contribution in [1.82, 2.24) is 19.1 Å². The molecule has 0 amide bonds. The highest BCUT2D eigenvalue weighted by Crippen LogP contribution is 2.30. The number of hydrogen-bond donors (Lipinski definition) is 0. The van der Waals surface area contributed by atoms with Gasteiger partial charge in [-0.1, -0.05) is 59.7 Å². The van der Waals surface area contributed by atoms with Crippen LogP contribution in [0, 0.1) is 13.8 Å². The number of aryl methyl sites for hydroxylation is 3. The molecule has 4 aromatic rings. The summed E-state index contributed by atoms with van der Waals surface area (Å²) in [5.41, 5.74) is 4.85. The molecule has 4 rings (SSSR count). The minimum atomic E-state index is -0.450. The molecular weight excluding hydrogens is 352 g/mol. The van der Waals surface area contributed by atoms with Gasteiger partial charge in [0.15, 0.2) is 11.2 Å². The van der Waals surface area contributed by atoms with Crippen molar-refractivity contribution < 1.29 is 0 Å². The summed E-state index contributed by atoms with van der Waals surface area (Å²) in [6.07, 6.45) is 0. The quantitative estimate of drug-likeness (QED) is 0.542. The molecule has 0 saturated heterocycles. The van der Waals surface area contributed by atoms with Crippen molar-refractivity contribution in [3.05, 3.63) is 80.5 Å². The Labute approximate surface area is 161 Å². The van der Waals surface area contributed by atoms with Crippen molar-refractivity contribution in [1.29, 1.82) is 0 Å². The van der Waals surface area contributed by atoms with Crippen LogP contribution < -0.4 is 11.2 Å². The first-order chi connectivity index (χ1) is 13.4. The molecule has 2 aromatic carbocycles. The molecule has 0 radical (unpaired) electrons. The maximum absolute atomic E-state index is 12.7. The summed E-state index contributed by atoms with van der Waals surface area (Å²) in [5.74, 6) is 0. The first-order valence-corrected chi connectivity index (χ1v) is 8.98. The van der Waals surface area contributed by atoms with Gasteiger partial charge in [0.05, 0.1) is 11.4 Å². The maximum atomic E-state index is 12.7. The van der Waals surface area contributed by atoms with Crippen LogP contribution in [0.5, 0.6) is 0 Å². The number of rotatable bonds is 2. The molecule has 0 aliphatic heterocycles. The fourth-order valence-electron chi connectivity index (χ4n) is 3.19. The third-order valence-electron chi connectivity index (χ3n) is 4.93. The van der Waals surface area contributed by atoms with Crippen LogP contribution in [0.15, 0.2) is 58.1 Å². The van der Waals surface area contributed by atoms with Crippen molar-refractivity contribution in [2.24, 2.45) is 14.1 Å². The Bertz CT molecular complexity index is 1310. The molecule has 6 nitrogen and oxygen atoms in total. The molecule has 2 heterocycles. The van der Waals surface area contributed by atoms with E-state index in [4.69, 9.17) is 4.98 Å². The third kappa shape index (κ3) is 2.83. The highest BCUT2D eigenvalue weighted by Gasteiger charge is 2.18. The Kier molecular flexibility index (Phi) is 4.19. The van der Waals surface area contributed by atoms with Crippen LogP contribution in [-0.4, -0.2) is 19.1 Å². The monoisotopic (exact) mass is 372 g/mol. The molecule has 0 unspecified atom stereocenters. The number of fused-ring (bicyclic) bond motifs is 1. The van der Waals surface area contributed by atoms with E-state index in [-0.39, 0.29) is 11.2 Å². The largest absolute Gasteiger partial charge is 0.332 e. The summed E-state index contributed by atoms with van der Waals surface area (Å²) in [5, 5.41) is 0. The van der Waals surface area contributed by atoms with Gasteiger partial charge in [0.25, 0.3) is 5.56 Å². The van der Waals surface area contributed by atoms with Gasteiger partial charge in [-0.2, -0.15) is 0 Å². The van der Waals surface area contributed by atoms with E-state index in [0.717, 1.165) is 26.8 Å². The second-order valence-corrected chi connectivity index (χ2v) is 7.03. The molecule has 28 heavy (non-hydrogen) atoms. The van der Waals surface area contributed by atoms with E-state index < -0.39 is 11.2 Å². The van der Waals surface area contributed by atoms with E-state index in [1.165, 1.54) is 11.6 Å². The average Bonchev–Trinajstić information content (AvgIpc) is 2.71. The van der Waals surface area contributed by atoms with E-state index in [1.54, 1.807) is 7.05 Å². The fraction of sp³-hybridized carbons (Fsp3) is 0.182. The summed E-state index contributed by atoms with van der Waals surface area (Å²) < 4.78 is 2.42. The van der Waals surface area contributed by atoms with Gasteiger partial charge in [-0.3, -0.25) is 13.9 Å². The van der Waals surface area contributed by atoms with Crippen LogP contribution in [0.2, 0.25) is 0 Å². The minimum Gasteiger partial charge on any atom is -0.279 e. The van der Waals surface area contributed by atoms with Gasteiger partial charge in [0.2, 0.25) is 0 Å². The zero-order valence-corrected chi connectivity index (χ0v) is 16.2. The molecule has 6 heteroatoms. The van der Waals surface area contributed by atoms with E-state index in [1.807, 2.05) is 62.4 Å². The zero-order chi connectivity index (χ0) is 20.0. The van der Waals surface area contributed by atoms with E-state index in [9.17, 15) is 9.59 Å². The summed E-state index contributed by atoms with van der Waals surface area (Å²) in [4.78, 5) is 34.4. The highest BCUT2D eigenvalue weighted by atomic mass is 16.2. The minimum absolute atomic E-state index is 0.177. The lowest BCUT2D eigenvalue weighted by molar-refractivity contribution is 0.705. The molecule has 0 spiro atoms. The van der Waals surface area contributed by atoms with Gasteiger partial charge in [-0.15, -0.1) is 0 Å². The van der Waals surface area contributed by atoms with Crippen molar-refractivity contribution in [2.45, 2.75) is 13.8 Å². The number of hydrogen-bond acceptors (Lipinski definition) is 4. The number of nitrogens with zero attached hydrogens (tertiary/aromatic N) is 4. The topological polar surface area (TPSA) is 69.8 Å². The van der Waals surface area contributed by atoms with Gasteiger partial charge < -0.3 is 0 Å². The molecule has 140 valence electrons. The van der Waals surface area contributed by atoms with E-state index in [2.05, 4.69) is 4.98 Å². The maximum Gasteiger partial charge on any atom is 0.332 e. The Hall–Kier alpha value is -3.54. The molecule has 0 aliphatic carbocycles. The fourth-order valence-corrected chi connectivity index (χ4v) is 3.19. The summed E-state index contributed by atoms with van der Waals surface area (Å²) in [6, 6.07) is 15.9. The normalized spacial score (nSPS) is 11.1. The first kappa shape index (κ1) is 17.9. The van der Waals surface area contributed by atoms with Crippen molar-refractivity contribution in [2.75, 3.05) is 0 Å². The predicted octanol–water partition coefficient (Wildman–Crippen LogP) is 2.98. The molecule has 0 N–H and O–H groups in total. The number of aromatic nitrogens is 4. The molecule has 0 saturated carbocycles. The van der Waals surface area contributed by atoms with Gasteiger partial charge in [-0.25, -0.2) is 14.8 Å². The molecular formula is C22H20N4O2. The lowest BCUT2D eigenvalue weighted by Gasteiger charge is -2.13. The first-order valence-electron chi connectivity index (χ1n) is 8.98. The lowest BCUT2D eigenvalue weighted by Crippen LogP contribution is -2.37. The van der Waals surface area contributed by atoms with Crippen molar-refractivity contribution in [3.8, 4) is 22.5 Å². The second-order valence-electron chi connectivity index (χ2n) is 7.03. The van der Waals surface area contributed by atoms with Gasteiger partial charge >= 0.3 is 5.69 Å². The van der Waals surface area contributed by atoms with Crippen LogP contribution in [0.4, 0.5) is 0 Å². The summed E-state index contributed by atoms with van der Waals surface area (Å²) in [6.45, 7) is 4.03. The van der Waals surface area contributed by atoms with Gasteiger partial charge in [0.1, 0.15) is 0 Å². The van der Waals surface area contributed by atoms with Crippen LogP contribution in [0.3, 0.4) is 0 Å². The Morgan fingerprint density at radius 3 is 1.64 bits per heavy atom. The van der Waals surface area contributed by atoms with Crippen molar-refractivity contribution >= 4 is 11.2 Å². The van der Waals surface area contributed by atoms with Gasteiger partial charge in [0, 0.05) is 25.2 Å². The Morgan fingerprint density at radius 2 is 1.14 bits per heavy atom. The van der Waals surface area contributed by atoms with Crippen LogP contribution in [0.1, 0.15) is 11.1 Å².